The summed E-state index contributed by atoms with van der Waals surface area (Å²) in [5, 5.41) is 24.1. The normalized spacial score (nSPS) is 14.1. The lowest BCUT2D eigenvalue weighted by molar-refractivity contribution is 0.140. The number of fused-ring (bicyclic) bond motifs is 2. The predicted molar refractivity (Wildman–Crippen MR) is 118 cm³/mol. The Bertz CT molecular complexity index is 1510. The number of anilines is 1. The summed E-state index contributed by atoms with van der Waals surface area (Å²) in [6.07, 6.45) is -2.65. The number of hydrogen-bond acceptors (Lipinski definition) is 7. The zero-order valence-electron chi connectivity index (χ0n) is 17.9. The zero-order valence-corrected chi connectivity index (χ0v) is 18.6. The second kappa shape index (κ2) is 8.00. The lowest BCUT2D eigenvalue weighted by Crippen LogP contribution is -2.52. The molecule has 1 aliphatic heterocycles. The molecule has 0 atom stereocenters. The number of aliphatic hydroxyl groups is 1. The Hall–Kier alpha value is -3.62. The van der Waals surface area contributed by atoms with Crippen molar-refractivity contribution in [2.24, 2.45) is 0 Å². The molecule has 0 saturated carbocycles. The van der Waals surface area contributed by atoms with Crippen molar-refractivity contribution < 1.29 is 23.0 Å². The molecule has 0 amide bonds. The third-order valence-electron chi connectivity index (χ3n) is 5.78. The van der Waals surface area contributed by atoms with Gasteiger partial charge >= 0.3 is 0 Å². The van der Waals surface area contributed by atoms with Gasteiger partial charge in [0.15, 0.2) is 11.4 Å². The molecule has 4 aromatic rings. The lowest BCUT2D eigenvalue weighted by Gasteiger charge is -2.39. The number of nitriles is 1. The van der Waals surface area contributed by atoms with Crippen LogP contribution in [-0.2, 0) is 0 Å². The molecule has 0 spiro atoms. The molecule has 0 radical (unpaired) electrons. The van der Waals surface area contributed by atoms with Gasteiger partial charge in [-0.1, -0.05) is 17.7 Å². The number of methoxy groups -OCH3 is 1. The molecule has 12 heteroatoms. The minimum Gasteiger partial charge on any atom is -0.493 e. The van der Waals surface area contributed by atoms with Gasteiger partial charge in [-0.3, -0.25) is 0 Å². The molecule has 0 aliphatic carbocycles. The van der Waals surface area contributed by atoms with Crippen LogP contribution < -0.4 is 9.64 Å². The van der Waals surface area contributed by atoms with Crippen LogP contribution in [0.4, 0.5) is 19.0 Å². The van der Waals surface area contributed by atoms with Crippen LogP contribution in [0.1, 0.15) is 23.4 Å². The first-order chi connectivity index (χ1) is 16.3. The van der Waals surface area contributed by atoms with Gasteiger partial charge in [-0.05, 0) is 13.0 Å². The van der Waals surface area contributed by atoms with E-state index >= 15 is 4.39 Å². The van der Waals surface area contributed by atoms with Crippen molar-refractivity contribution in [3.63, 3.8) is 0 Å². The highest BCUT2D eigenvalue weighted by Gasteiger charge is 2.34. The van der Waals surface area contributed by atoms with E-state index in [1.165, 1.54) is 13.2 Å². The Labute approximate surface area is 195 Å². The molecule has 1 aromatic carbocycles. The number of halogens is 4. The van der Waals surface area contributed by atoms with Gasteiger partial charge in [0.2, 0.25) is 0 Å². The average Bonchev–Trinajstić information content (AvgIpc) is 3.15. The predicted octanol–water partition coefficient (Wildman–Crippen LogP) is 4.04. The topological polar surface area (TPSA) is 99.6 Å². The Morgan fingerprint density at radius 2 is 2.03 bits per heavy atom. The fourth-order valence-corrected chi connectivity index (χ4v) is 4.50. The molecule has 3 aromatic heterocycles. The first kappa shape index (κ1) is 22.2. The fourth-order valence-electron chi connectivity index (χ4n) is 4.27. The summed E-state index contributed by atoms with van der Waals surface area (Å²) in [4.78, 5) is 10.2. The SMILES string of the molecule is COc1c(Cl)ccc2c(-c3c(C)nc4c(C#N)c(C(F)F)nn4c3N3CC(O)C3)c(F)cnc12. The van der Waals surface area contributed by atoms with E-state index in [1.54, 1.807) is 24.0 Å². The summed E-state index contributed by atoms with van der Waals surface area (Å²) < 4.78 is 49.2. The summed E-state index contributed by atoms with van der Waals surface area (Å²) in [5.41, 5.74) is -0.219. The third kappa shape index (κ3) is 3.13. The maximum absolute atomic E-state index is 15.4. The van der Waals surface area contributed by atoms with Crippen LogP contribution in [0.3, 0.4) is 0 Å². The quantitative estimate of drug-likeness (QED) is 0.462. The summed E-state index contributed by atoms with van der Waals surface area (Å²) in [5.74, 6) is -0.208. The van der Waals surface area contributed by atoms with Crippen molar-refractivity contribution in [1.29, 1.82) is 5.26 Å². The number of hydrogen-bond donors (Lipinski definition) is 1. The van der Waals surface area contributed by atoms with E-state index < -0.39 is 24.0 Å². The zero-order chi connectivity index (χ0) is 24.3. The van der Waals surface area contributed by atoms with Crippen molar-refractivity contribution in [3.8, 4) is 22.9 Å². The summed E-state index contributed by atoms with van der Waals surface area (Å²) in [6.45, 7) is 1.91. The number of aryl methyl sites for hydroxylation is 1. The standard InChI is InChI=1S/C22H16ClF3N6O2/c1-9-15(16-11-3-4-13(23)19(34-2)17(11)28-6-14(16)24)22(31-7-10(33)8-31)32-21(29-9)12(5-27)18(30-32)20(25)26/h3-4,6,10,20,33H,7-8H2,1-2H3. The van der Waals surface area contributed by atoms with E-state index in [1.807, 2.05) is 0 Å². The second-order valence-corrected chi connectivity index (χ2v) is 8.23. The molecule has 1 aliphatic rings. The van der Waals surface area contributed by atoms with Crippen molar-refractivity contribution in [3.05, 3.63) is 46.1 Å². The Morgan fingerprint density at radius 3 is 2.65 bits per heavy atom. The van der Waals surface area contributed by atoms with Crippen LogP contribution in [0.5, 0.6) is 5.75 Å². The van der Waals surface area contributed by atoms with Crippen LogP contribution in [0.15, 0.2) is 18.3 Å². The number of pyridine rings is 1. The molecule has 174 valence electrons. The lowest BCUT2D eigenvalue weighted by atomic mass is 9.97. The van der Waals surface area contributed by atoms with E-state index in [9.17, 15) is 19.1 Å². The van der Waals surface area contributed by atoms with Crippen LogP contribution in [0.25, 0.3) is 27.7 Å². The van der Waals surface area contributed by atoms with Crippen LogP contribution in [-0.4, -0.2) is 51.0 Å². The van der Waals surface area contributed by atoms with Crippen LogP contribution in [0, 0.1) is 24.1 Å². The highest BCUT2D eigenvalue weighted by Crippen LogP contribution is 2.43. The van der Waals surface area contributed by atoms with Crippen molar-refractivity contribution in [1.82, 2.24) is 19.6 Å². The molecule has 1 saturated heterocycles. The fraction of sp³-hybridized carbons (Fsp3) is 0.273. The maximum atomic E-state index is 15.4. The van der Waals surface area contributed by atoms with E-state index in [4.69, 9.17) is 16.3 Å². The van der Waals surface area contributed by atoms with Gasteiger partial charge in [-0.15, -0.1) is 0 Å². The number of benzene rings is 1. The molecule has 34 heavy (non-hydrogen) atoms. The summed E-state index contributed by atoms with van der Waals surface area (Å²) in [6, 6.07) is 4.87. The molecule has 1 fully saturated rings. The van der Waals surface area contributed by atoms with Crippen molar-refractivity contribution in [2.45, 2.75) is 19.5 Å². The highest BCUT2D eigenvalue weighted by atomic mass is 35.5. The molecule has 5 rings (SSSR count). The first-order valence-corrected chi connectivity index (χ1v) is 10.5. The molecule has 1 N–H and O–H groups in total. The number of nitrogens with zero attached hydrogens (tertiary/aromatic N) is 6. The number of aromatic nitrogens is 4. The maximum Gasteiger partial charge on any atom is 0.283 e. The molecule has 0 bridgehead atoms. The van der Waals surface area contributed by atoms with Crippen molar-refractivity contribution >= 4 is 34.0 Å². The van der Waals surface area contributed by atoms with Gasteiger partial charge in [0.25, 0.3) is 6.43 Å². The van der Waals surface area contributed by atoms with Gasteiger partial charge in [-0.25, -0.2) is 23.1 Å². The smallest absolute Gasteiger partial charge is 0.283 e. The number of ether oxygens (including phenoxy) is 1. The van der Waals surface area contributed by atoms with E-state index in [0.717, 1.165) is 10.7 Å². The van der Waals surface area contributed by atoms with Gasteiger partial charge < -0.3 is 14.7 Å². The first-order valence-electron chi connectivity index (χ1n) is 10.1. The monoisotopic (exact) mass is 488 g/mol. The summed E-state index contributed by atoms with van der Waals surface area (Å²) >= 11 is 6.22. The Kier molecular flexibility index (Phi) is 5.22. The summed E-state index contributed by atoms with van der Waals surface area (Å²) in [7, 11) is 1.41. The minimum absolute atomic E-state index is 0.0742. The Balaban J connectivity index is 1.93. The van der Waals surface area contributed by atoms with Crippen LogP contribution >= 0.6 is 11.6 Å². The van der Waals surface area contributed by atoms with Crippen LogP contribution in [0.2, 0.25) is 5.02 Å². The van der Waals surface area contributed by atoms with E-state index in [-0.39, 0.29) is 57.7 Å². The largest absolute Gasteiger partial charge is 0.493 e. The molecule has 0 unspecified atom stereocenters. The van der Waals surface area contributed by atoms with Gasteiger partial charge in [-0.2, -0.15) is 14.9 Å². The molecule has 8 nitrogen and oxygen atoms in total. The van der Waals surface area contributed by atoms with E-state index in [2.05, 4.69) is 15.1 Å². The highest BCUT2D eigenvalue weighted by molar-refractivity contribution is 6.33. The molecule has 4 heterocycles. The number of β-amino-alcohol motifs (C(OH)–C–C–N with tert-alkyl or cyclic N) is 1. The average molecular weight is 489 g/mol. The molecular weight excluding hydrogens is 473 g/mol. The van der Waals surface area contributed by atoms with E-state index in [0.29, 0.717) is 10.9 Å². The number of aliphatic hydroxyl groups excluding tert-OH is 1. The third-order valence-corrected chi connectivity index (χ3v) is 6.08. The number of rotatable bonds is 4. The van der Waals surface area contributed by atoms with Gasteiger partial charge in [0.1, 0.15) is 34.5 Å². The van der Waals surface area contributed by atoms with Gasteiger partial charge in [0, 0.05) is 29.6 Å². The Morgan fingerprint density at radius 1 is 1.29 bits per heavy atom. The number of alkyl halides is 2. The minimum atomic E-state index is -3.01. The second-order valence-electron chi connectivity index (χ2n) is 7.82. The van der Waals surface area contributed by atoms with Gasteiger partial charge in [0.05, 0.1) is 30.1 Å². The molecular formula is C22H16ClF3N6O2. The van der Waals surface area contributed by atoms with Crippen molar-refractivity contribution in [2.75, 3.05) is 25.1 Å².